The third kappa shape index (κ3) is 4.65. The third-order valence-corrected chi connectivity index (χ3v) is 7.32. The van der Waals surface area contributed by atoms with Crippen LogP contribution >= 0.6 is 11.3 Å². The summed E-state index contributed by atoms with van der Waals surface area (Å²) in [4.78, 5) is 17.4. The van der Waals surface area contributed by atoms with E-state index in [9.17, 15) is 4.79 Å². The highest BCUT2D eigenvalue weighted by Crippen LogP contribution is 2.34. The molecule has 1 saturated carbocycles. The number of carbonyl (C=O) groups excluding carboxylic acids is 1. The van der Waals surface area contributed by atoms with E-state index in [0.717, 1.165) is 29.6 Å². The number of hydrogen-bond acceptors (Lipinski definition) is 3. The molecule has 0 unspecified atom stereocenters. The number of nitrogens with one attached hydrogen (secondary N) is 1. The van der Waals surface area contributed by atoms with Crippen LogP contribution in [0, 0.1) is 11.8 Å². The Morgan fingerprint density at radius 2 is 1.93 bits per heavy atom. The standard InChI is InChI=1S/C24H32N2OS/c1-2-3-6-17-9-11-19(12-10-17)23(27)26-24-25-22(16-28-24)21-14-13-18-7-4-5-8-20(18)15-21/h13-17,19H,2-12H2,1H3,(H,25,26,27). The normalized spacial score (nSPS) is 21.9. The van der Waals surface area contributed by atoms with Crippen LogP contribution in [-0.4, -0.2) is 10.9 Å². The number of anilines is 1. The Hall–Kier alpha value is -1.68. The number of fused-ring (bicyclic) bond motifs is 1. The quantitative estimate of drug-likeness (QED) is 0.596. The SMILES string of the molecule is CCCCC1CCC(C(=O)Nc2nc(-c3ccc4c(c3)CCCC4)cs2)CC1. The van der Waals surface area contributed by atoms with Crippen molar-refractivity contribution in [1.82, 2.24) is 4.98 Å². The molecule has 2 aliphatic carbocycles. The maximum atomic E-state index is 12.7. The first-order valence-corrected chi connectivity index (χ1v) is 12.0. The maximum Gasteiger partial charge on any atom is 0.229 e. The topological polar surface area (TPSA) is 42.0 Å². The molecule has 0 spiro atoms. The van der Waals surface area contributed by atoms with E-state index in [1.54, 1.807) is 11.3 Å². The van der Waals surface area contributed by atoms with Gasteiger partial charge in [-0.25, -0.2) is 4.98 Å². The summed E-state index contributed by atoms with van der Waals surface area (Å²) in [5.74, 6) is 1.16. The minimum atomic E-state index is 0.161. The minimum absolute atomic E-state index is 0.161. The van der Waals surface area contributed by atoms with Crippen LogP contribution in [0.5, 0.6) is 0 Å². The van der Waals surface area contributed by atoms with Crippen molar-refractivity contribution in [3.05, 3.63) is 34.7 Å². The van der Waals surface area contributed by atoms with Gasteiger partial charge in [0.15, 0.2) is 5.13 Å². The van der Waals surface area contributed by atoms with Gasteiger partial charge in [-0.05, 0) is 74.5 Å². The fraction of sp³-hybridized carbons (Fsp3) is 0.583. The number of carbonyl (C=O) groups is 1. The van der Waals surface area contributed by atoms with Gasteiger partial charge in [-0.3, -0.25) is 4.79 Å². The van der Waals surface area contributed by atoms with Crippen molar-refractivity contribution in [2.24, 2.45) is 11.8 Å². The zero-order valence-electron chi connectivity index (χ0n) is 17.0. The number of thiazole rings is 1. The molecule has 0 aliphatic heterocycles. The van der Waals surface area contributed by atoms with Crippen molar-refractivity contribution >= 4 is 22.4 Å². The van der Waals surface area contributed by atoms with E-state index in [-0.39, 0.29) is 11.8 Å². The number of aryl methyl sites for hydroxylation is 2. The van der Waals surface area contributed by atoms with Gasteiger partial charge >= 0.3 is 0 Å². The molecule has 1 aromatic carbocycles. The summed E-state index contributed by atoms with van der Waals surface area (Å²) < 4.78 is 0. The van der Waals surface area contributed by atoms with Crippen LogP contribution in [0.1, 0.15) is 75.8 Å². The predicted molar refractivity (Wildman–Crippen MR) is 118 cm³/mol. The van der Waals surface area contributed by atoms with E-state index in [2.05, 4.69) is 35.8 Å². The van der Waals surface area contributed by atoms with Crippen molar-refractivity contribution in [2.45, 2.75) is 77.6 Å². The molecule has 1 fully saturated rings. The van der Waals surface area contributed by atoms with Crippen LogP contribution in [-0.2, 0) is 17.6 Å². The number of hydrogen-bond donors (Lipinski definition) is 1. The van der Waals surface area contributed by atoms with Gasteiger partial charge in [0.25, 0.3) is 0 Å². The molecule has 1 aromatic heterocycles. The van der Waals surface area contributed by atoms with Crippen LogP contribution in [0.2, 0.25) is 0 Å². The van der Waals surface area contributed by atoms with Crippen molar-refractivity contribution in [2.75, 3.05) is 5.32 Å². The number of nitrogens with zero attached hydrogens (tertiary/aromatic N) is 1. The summed E-state index contributed by atoms with van der Waals surface area (Å²) in [5.41, 5.74) is 5.13. The first kappa shape index (κ1) is 19.6. The third-order valence-electron chi connectivity index (χ3n) is 6.56. The van der Waals surface area contributed by atoms with Crippen molar-refractivity contribution in [3.63, 3.8) is 0 Å². The lowest BCUT2D eigenvalue weighted by Crippen LogP contribution is -2.27. The largest absolute Gasteiger partial charge is 0.302 e. The Balaban J connectivity index is 1.34. The second-order valence-corrected chi connectivity index (χ2v) is 9.44. The number of aromatic nitrogens is 1. The smallest absolute Gasteiger partial charge is 0.229 e. The van der Waals surface area contributed by atoms with Gasteiger partial charge in [-0.1, -0.05) is 38.3 Å². The highest BCUT2D eigenvalue weighted by Gasteiger charge is 2.26. The van der Waals surface area contributed by atoms with E-state index < -0.39 is 0 Å². The van der Waals surface area contributed by atoms with Crippen LogP contribution in [0.15, 0.2) is 23.6 Å². The molecule has 28 heavy (non-hydrogen) atoms. The molecule has 2 aromatic rings. The number of benzene rings is 1. The molecule has 150 valence electrons. The van der Waals surface area contributed by atoms with E-state index in [1.807, 2.05) is 0 Å². The summed E-state index contributed by atoms with van der Waals surface area (Å²) in [7, 11) is 0. The summed E-state index contributed by atoms with van der Waals surface area (Å²) in [6.45, 7) is 2.26. The predicted octanol–water partition coefficient (Wildman–Crippen LogP) is 6.62. The van der Waals surface area contributed by atoms with E-state index in [1.165, 1.54) is 74.5 Å². The molecular formula is C24H32N2OS. The van der Waals surface area contributed by atoms with Crippen LogP contribution < -0.4 is 5.32 Å². The molecule has 2 aliphatic rings. The van der Waals surface area contributed by atoms with Gasteiger partial charge in [0, 0.05) is 16.9 Å². The Bertz CT molecular complexity index is 805. The molecule has 0 bridgehead atoms. The molecule has 3 nitrogen and oxygen atoms in total. The molecule has 4 rings (SSSR count). The van der Waals surface area contributed by atoms with Crippen LogP contribution in [0.4, 0.5) is 5.13 Å². The zero-order valence-corrected chi connectivity index (χ0v) is 17.8. The Kier molecular flexibility index (Phi) is 6.46. The van der Waals surface area contributed by atoms with Crippen LogP contribution in [0.3, 0.4) is 0 Å². The average Bonchev–Trinajstić information content (AvgIpc) is 3.20. The molecule has 4 heteroatoms. The highest BCUT2D eigenvalue weighted by molar-refractivity contribution is 7.14. The van der Waals surface area contributed by atoms with E-state index >= 15 is 0 Å². The number of rotatable bonds is 6. The fourth-order valence-corrected chi connectivity index (χ4v) is 5.49. The summed E-state index contributed by atoms with van der Waals surface area (Å²) >= 11 is 1.54. The number of amides is 1. The lowest BCUT2D eigenvalue weighted by atomic mass is 9.79. The Labute approximate surface area is 173 Å². The second kappa shape index (κ2) is 9.21. The summed E-state index contributed by atoms with van der Waals surface area (Å²) in [6, 6.07) is 6.74. The molecule has 1 amide bonds. The lowest BCUT2D eigenvalue weighted by molar-refractivity contribution is -0.121. The van der Waals surface area contributed by atoms with Gasteiger partial charge in [0.05, 0.1) is 5.69 Å². The first-order chi connectivity index (χ1) is 13.7. The fourth-order valence-electron chi connectivity index (χ4n) is 4.77. The molecular weight excluding hydrogens is 364 g/mol. The minimum Gasteiger partial charge on any atom is -0.302 e. The van der Waals surface area contributed by atoms with Crippen LogP contribution in [0.25, 0.3) is 11.3 Å². The van der Waals surface area contributed by atoms with Gasteiger partial charge in [0.2, 0.25) is 5.91 Å². The van der Waals surface area contributed by atoms with Crippen molar-refractivity contribution in [3.8, 4) is 11.3 Å². The molecule has 0 saturated heterocycles. The maximum absolute atomic E-state index is 12.7. The summed E-state index contributed by atoms with van der Waals surface area (Å²) in [6.07, 6.45) is 13.4. The van der Waals surface area contributed by atoms with Gasteiger partial charge in [-0.2, -0.15) is 0 Å². The van der Waals surface area contributed by atoms with Crippen molar-refractivity contribution < 1.29 is 4.79 Å². The van der Waals surface area contributed by atoms with Crippen molar-refractivity contribution in [1.29, 1.82) is 0 Å². The van der Waals surface area contributed by atoms with Gasteiger partial charge < -0.3 is 5.32 Å². The first-order valence-electron chi connectivity index (χ1n) is 11.1. The lowest BCUT2D eigenvalue weighted by Gasteiger charge is -2.27. The average molecular weight is 397 g/mol. The molecule has 0 atom stereocenters. The Morgan fingerprint density at radius 3 is 2.71 bits per heavy atom. The Morgan fingerprint density at radius 1 is 1.14 bits per heavy atom. The highest BCUT2D eigenvalue weighted by atomic mass is 32.1. The monoisotopic (exact) mass is 396 g/mol. The molecule has 1 N–H and O–H groups in total. The van der Waals surface area contributed by atoms with E-state index in [0.29, 0.717) is 0 Å². The molecule has 1 heterocycles. The second-order valence-electron chi connectivity index (χ2n) is 8.58. The number of unbranched alkanes of at least 4 members (excludes halogenated alkanes) is 1. The van der Waals surface area contributed by atoms with Gasteiger partial charge in [0.1, 0.15) is 0 Å². The van der Waals surface area contributed by atoms with E-state index in [4.69, 9.17) is 4.98 Å². The molecule has 0 radical (unpaired) electrons. The summed E-state index contributed by atoms with van der Waals surface area (Å²) in [5, 5.41) is 5.90. The van der Waals surface area contributed by atoms with Gasteiger partial charge in [-0.15, -0.1) is 11.3 Å². The zero-order chi connectivity index (χ0) is 19.3.